The summed E-state index contributed by atoms with van der Waals surface area (Å²) in [5, 5.41) is 0. The number of para-hydroxylation sites is 1. The molecular formula is C12H17N3O4S. The van der Waals surface area contributed by atoms with Crippen LogP contribution in [0.1, 0.15) is 12.0 Å². The number of benzene rings is 1. The number of anilines is 1. The number of carbonyl (C=O) groups is 2. The van der Waals surface area contributed by atoms with Crippen LogP contribution in [0.3, 0.4) is 0 Å². The van der Waals surface area contributed by atoms with E-state index >= 15 is 0 Å². The fraction of sp³-hybridized carbons (Fsp3) is 0.333. The van der Waals surface area contributed by atoms with Gasteiger partial charge in [0.05, 0.1) is 17.9 Å². The summed E-state index contributed by atoms with van der Waals surface area (Å²) in [5.74, 6) is -2.06. The van der Waals surface area contributed by atoms with Crippen molar-refractivity contribution in [3.63, 3.8) is 0 Å². The highest BCUT2D eigenvalue weighted by atomic mass is 32.2. The minimum absolute atomic E-state index is 0.136. The zero-order chi connectivity index (χ0) is 15.3. The second kappa shape index (κ2) is 6.38. The Hall–Kier alpha value is -2.09. The van der Waals surface area contributed by atoms with Gasteiger partial charge in [0.15, 0.2) is 0 Å². The SMILES string of the molecule is CS(=O)(=O)Nc1ccccc1CC(CC(N)=O)C(N)=O. The maximum Gasteiger partial charge on any atom is 0.229 e. The van der Waals surface area contributed by atoms with E-state index in [1.54, 1.807) is 24.3 Å². The van der Waals surface area contributed by atoms with E-state index in [-0.39, 0.29) is 12.8 Å². The molecule has 110 valence electrons. The number of amides is 2. The number of primary amides is 2. The van der Waals surface area contributed by atoms with Crippen molar-refractivity contribution in [2.24, 2.45) is 17.4 Å². The summed E-state index contributed by atoms with van der Waals surface area (Å²) in [6.45, 7) is 0. The highest BCUT2D eigenvalue weighted by Crippen LogP contribution is 2.21. The van der Waals surface area contributed by atoms with E-state index in [2.05, 4.69) is 4.72 Å². The molecule has 0 heterocycles. The summed E-state index contributed by atoms with van der Waals surface area (Å²) in [7, 11) is -3.44. The topological polar surface area (TPSA) is 132 Å². The fourth-order valence-electron chi connectivity index (χ4n) is 1.78. The van der Waals surface area contributed by atoms with Crippen LogP contribution in [0.2, 0.25) is 0 Å². The zero-order valence-electron chi connectivity index (χ0n) is 11.0. The second-order valence-electron chi connectivity index (χ2n) is 4.51. The van der Waals surface area contributed by atoms with Gasteiger partial charge in [0, 0.05) is 6.42 Å². The van der Waals surface area contributed by atoms with Crippen molar-refractivity contribution in [3.8, 4) is 0 Å². The van der Waals surface area contributed by atoms with E-state index in [0.29, 0.717) is 11.3 Å². The van der Waals surface area contributed by atoms with Gasteiger partial charge in [-0.15, -0.1) is 0 Å². The summed E-state index contributed by atoms with van der Waals surface area (Å²) in [4.78, 5) is 22.2. The van der Waals surface area contributed by atoms with E-state index < -0.39 is 27.8 Å². The molecule has 2 amide bonds. The van der Waals surface area contributed by atoms with Gasteiger partial charge in [-0.2, -0.15) is 0 Å². The lowest BCUT2D eigenvalue weighted by Gasteiger charge is -2.15. The smallest absolute Gasteiger partial charge is 0.229 e. The van der Waals surface area contributed by atoms with Crippen LogP contribution in [0.4, 0.5) is 5.69 Å². The number of sulfonamides is 1. The predicted octanol–water partition coefficient (Wildman–Crippen LogP) is -0.422. The van der Waals surface area contributed by atoms with Crippen LogP contribution in [0, 0.1) is 5.92 Å². The fourth-order valence-corrected chi connectivity index (χ4v) is 2.38. The van der Waals surface area contributed by atoms with Gasteiger partial charge < -0.3 is 11.5 Å². The standard InChI is InChI=1S/C12H17N3O4S/c1-20(18,19)15-10-5-3-2-4-8(10)6-9(12(14)17)7-11(13)16/h2-5,9,15H,6-7H2,1H3,(H2,13,16)(H2,14,17). The molecule has 5 N–H and O–H groups in total. The number of nitrogens with one attached hydrogen (secondary N) is 1. The molecule has 0 saturated heterocycles. The van der Waals surface area contributed by atoms with E-state index in [4.69, 9.17) is 11.5 Å². The molecule has 0 aliphatic rings. The van der Waals surface area contributed by atoms with E-state index in [1.807, 2.05) is 0 Å². The quantitative estimate of drug-likeness (QED) is 0.630. The summed E-state index contributed by atoms with van der Waals surface area (Å²) >= 11 is 0. The first-order valence-electron chi connectivity index (χ1n) is 5.82. The Morgan fingerprint density at radius 3 is 2.35 bits per heavy atom. The zero-order valence-corrected chi connectivity index (χ0v) is 11.8. The largest absolute Gasteiger partial charge is 0.370 e. The van der Waals surface area contributed by atoms with Gasteiger partial charge in [0.1, 0.15) is 0 Å². The number of carbonyl (C=O) groups excluding carboxylic acids is 2. The maximum atomic E-state index is 11.3. The first kappa shape index (κ1) is 16.0. The van der Waals surface area contributed by atoms with Gasteiger partial charge in [-0.25, -0.2) is 8.42 Å². The van der Waals surface area contributed by atoms with Gasteiger partial charge in [-0.3, -0.25) is 14.3 Å². The van der Waals surface area contributed by atoms with Crippen molar-refractivity contribution >= 4 is 27.5 Å². The second-order valence-corrected chi connectivity index (χ2v) is 6.25. The van der Waals surface area contributed by atoms with Gasteiger partial charge in [0.25, 0.3) is 0 Å². The van der Waals surface area contributed by atoms with Crippen molar-refractivity contribution in [1.82, 2.24) is 0 Å². The molecule has 0 aromatic heterocycles. The molecular weight excluding hydrogens is 282 g/mol. The van der Waals surface area contributed by atoms with E-state index in [9.17, 15) is 18.0 Å². The Kier molecular flexibility index (Phi) is 5.09. The van der Waals surface area contributed by atoms with E-state index in [0.717, 1.165) is 6.26 Å². The molecule has 1 atom stereocenters. The van der Waals surface area contributed by atoms with Crippen LogP contribution in [0.15, 0.2) is 24.3 Å². The summed E-state index contributed by atoms with van der Waals surface area (Å²) < 4.78 is 24.9. The van der Waals surface area contributed by atoms with Gasteiger partial charge in [-0.1, -0.05) is 18.2 Å². The Morgan fingerprint density at radius 2 is 1.85 bits per heavy atom. The normalized spacial score (nSPS) is 12.7. The minimum Gasteiger partial charge on any atom is -0.370 e. The Labute approximate surface area is 117 Å². The first-order valence-corrected chi connectivity index (χ1v) is 7.71. The number of hydrogen-bond donors (Lipinski definition) is 3. The van der Waals surface area contributed by atoms with Gasteiger partial charge >= 0.3 is 0 Å². The van der Waals surface area contributed by atoms with Crippen LogP contribution in [0.5, 0.6) is 0 Å². The van der Waals surface area contributed by atoms with Gasteiger partial charge in [0.2, 0.25) is 21.8 Å². The van der Waals surface area contributed by atoms with Crippen molar-refractivity contribution in [2.45, 2.75) is 12.8 Å². The lowest BCUT2D eigenvalue weighted by Crippen LogP contribution is -2.30. The highest BCUT2D eigenvalue weighted by molar-refractivity contribution is 7.92. The van der Waals surface area contributed by atoms with Crippen LogP contribution >= 0.6 is 0 Å². The molecule has 7 nitrogen and oxygen atoms in total. The molecule has 1 aromatic rings. The molecule has 0 spiro atoms. The third-order valence-electron chi connectivity index (χ3n) is 2.63. The van der Waals surface area contributed by atoms with Crippen LogP contribution < -0.4 is 16.2 Å². The van der Waals surface area contributed by atoms with E-state index in [1.165, 1.54) is 0 Å². The Morgan fingerprint density at radius 1 is 1.25 bits per heavy atom. The van der Waals surface area contributed by atoms with Crippen LogP contribution in [0.25, 0.3) is 0 Å². The number of rotatable bonds is 7. The third-order valence-corrected chi connectivity index (χ3v) is 3.22. The lowest BCUT2D eigenvalue weighted by atomic mass is 9.94. The number of hydrogen-bond acceptors (Lipinski definition) is 4. The molecule has 0 radical (unpaired) electrons. The minimum atomic E-state index is -3.44. The van der Waals surface area contributed by atoms with Crippen molar-refractivity contribution in [3.05, 3.63) is 29.8 Å². The van der Waals surface area contributed by atoms with Gasteiger partial charge in [-0.05, 0) is 18.1 Å². The molecule has 0 saturated carbocycles. The lowest BCUT2D eigenvalue weighted by molar-refractivity contribution is -0.126. The van der Waals surface area contributed by atoms with Crippen molar-refractivity contribution < 1.29 is 18.0 Å². The summed E-state index contributed by atoms with van der Waals surface area (Å²) in [6, 6.07) is 6.58. The highest BCUT2D eigenvalue weighted by Gasteiger charge is 2.20. The maximum absolute atomic E-state index is 11.3. The molecule has 0 aliphatic heterocycles. The summed E-state index contributed by atoms with van der Waals surface area (Å²) in [5.41, 5.74) is 11.2. The average molecular weight is 299 g/mol. The molecule has 0 fully saturated rings. The third kappa shape index (κ3) is 5.27. The molecule has 8 heteroatoms. The molecule has 20 heavy (non-hydrogen) atoms. The monoisotopic (exact) mass is 299 g/mol. The van der Waals surface area contributed by atoms with Crippen molar-refractivity contribution in [1.29, 1.82) is 0 Å². The Balaban J connectivity index is 3.01. The Bertz CT molecular complexity index is 613. The predicted molar refractivity (Wildman–Crippen MR) is 75.1 cm³/mol. The summed E-state index contributed by atoms with van der Waals surface area (Å²) in [6.07, 6.45) is 0.984. The molecule has 1 aromatic carbocycles. The average Bonchev–Trinajstić information content (AvgIpc) is 2.28. The number of nitrogens with two attached hydrogens (primary N) is 2. The molecule has 0 aliphatic carbocycles. The first-order chi connectivity index (χ1) is 9.19. The van der Waals surface area contributed by atoms with Crippen LogP contribution in [-0.2, 0) is 26.0 Å². The molecule has 0 bridgehead atoms. The molecule has 1 unspecified atom stereocenters. The molecule has 1 rings (SSSR count). The van der Waals surface area contributed by atoms with Crippen molar-refractivity contribution in [2.75, 3.05) is 11.0 Å². The van der Waals surface area contributed by atoms with Crippen LogP contribution in [-0.4, -0.2) is 26.5 Å².